The predicted octanol–water partition coefficient (Wildman–Crippen LogP) is 2.44. The molecule has 16 heavy (non-hydrogen) atoms. The van der Waals surface area contributed by atoms with Gasteiger partial charge in [-0.1, -0.05) is 13.3 Å². The molecule has 0 aromatic carbocycles. The lowest BCUT2D eigenvalue weighted by molar-refractivity contribution is -0.139. The summed E-state index contributed by atoms with van der Waals surface area (Å²) in [7, 11) is 0. The minimum Gasteiger partial charge on any atom is -0.506 e. The van der Waals surface area contributed by atoms with Gasteiger partial charge >= 0.3 is 0 Å². The number of unbranched alkanes of at least 4 members (excludes halogenated alkanes) is 1. The number of rotatable bonds is 4. The van der Waals surface area contributed by atoms with Crippen molar-refractivity contribution in [1.82, 2.24) is 4.98 Å². The molecule has 1 aliphatic heterocycles. The van der Waals surface area contributed by atoms with Crippen molar-refractivity contribution in [2.75, 3.05) is 6.61 Å². The quantitative estimate of drug-likeness (QED) is 0.796. The maximum absolute atomic E-state index is 9.92. The van der Waals surface area contributed by atoms with E-state index in [2.05, 4.69) is 11.9 Å². The molecule has 0 amide bonds. The van der Waals surface area contributed by atoms with Gasteiger partial charge in [0.25, 0.3) is 0 Å². The van der Waals surface area contributed by atoms with Crippen LogP contribution in [0.1, 0.15) is 42.9 Å². The standard InChI is InChI=1S/C12H17NO3/c1-3-4-5-15-12-10-9(7-16-12)6-13-8(2)11(10)14/h6,12,14H,3-5,7H2,1-2H3. The Morgan fingerprint density at radius 1 is 1.62 bits per heavy atom. The molecule has 0 radical (unpaired) electrons. The van der Waals surface area contributed by atoms with Crippen LogP contribution in [0.15, 0.2) is 6.20 Å². The predicted molar refractivity (Wildman–Crippen MR) is 59.0 cm³/mol. The number of pyridine rings is 1. The second-order valence-electron chi connectivity index (χ2n) is 4.00. The normalized spacial score (nSPS) is 18.8. The van der Waals surface area contributed by atoms with Gasteiger partial charge in [-0.25, -0.2) is 0 Å². The monoisotopic (exact) mass is 223 g/mol. The molecule has 0 bridgehead atoms. The summed E-state index contributed by atoms with van der Waals surface area (Å²) in [5.74, 6) is 0.205. The first-order valence-electron chi connectivity index (χ1n) is 5.64. The third kappa shape index (κ3) is 2.03. The molecule has 88 valence electrons. The topological polar surface area (TPSA) is 51.6 Å². The van der Waals surface area contributed by atoms with Crippen LogP contribution in [0.25, 0.3) is 0 Å². The fraction of sp³-hybridized carbons (Fsp3) is 0.583. The highest BCUT2D eigenvalue weighted by Gasteiger charge is 2.28. The molecule has 4 heteroatoms. The van der Waals surface area contributed by atoms with E-state index < -0.39 is 6.29 Å². The fourth-order valence-electron chi connectivity index (χ4n) is 1.75. The molecule has 1 atom stereocenters. The Bertz CT molecular complexity index is 379. The first-order chi connectivity index (χ1) is 7.74. The Labute approximate surface area is 95.2 Å². The smallest absolute Gasteiger partial charge is 0.188 e. The highest BCUT2D eigenvalue weighted by atomic mass is 16.7. The van der Waals surface area contributed by atoms with Crippen molar-refractivity contribution >= 4 is 0 Å². The summed E-state index contributed by atoms with van der Waals surface area (Å²) in [6, 6.07) is 0. The lowest BCUT2D eigenvalue weighted by atomic mass is 10.1. The number of nitrogens with zero attached hydrogens (tertiary/aromatic N) is 1. The molecule has 1 aromatic heterocycles. The highest BCUT2D eigenvalue weighted by molar-refractivity contribution is 5.43. The van der Waals surface area contributed by atoms with E-state index in [1.165, 1.54) is 0 Å². The molecule has 0 saturated carbocycles. The van der Waals surface area contributed by atoms with Crippen LogP contribution in [0.5, 0.6) is 5.75 Å². The third-order valence-corrected chi connectivity index (χ3v) is 2.75. The number of fused-ring (bicyclic) bond motifs is 1. The van der Waals surface area contributed by atoms with Crippen LogP contribution in [0.4, 0.5) is 0 Å². The van der Waals surface area contributed by atoms with Gasteiger partial charge in [0.15, 0.2) is 6.29 Å². The van der Waals surface area contributed by atoms with Gasteiger partial charge in [0.05, 0.1) is 24.5 Å². The minimum atomic E-state index is -0.428. The second-order valence-corrected chi connectivity index (χ2v) is 4.00. The summed E-state index contributed by atoms with van der Waals surface area (Å²) in [6.07, 6.45) is 3.40. The average molecular weight is 223 g/mol. The molecule has 1 aromatic rings. The molecule has 0 saturated heterocycles. The van der Waals surface area contributed by atoms with Crippen LogP contribution in [0.2, 0.25) is 0 Å². The van der Waals surface area contributed by atoms with Crippen molar-refractivity contribution in [3.63, 3.8) is 0 Å². The number of hydrogen-bond donors (Lipinski definition) is 1. The van der Waals surface area contributed by atoms with Crippen LogP contribution in [0.3, 0.4) is 0 Å². The number of aromatic hydroxyl groups is 1. The summed E-state index contributed by atoms with van der Waals surface area (Å²) in [5, 5.41) is 9.92. The van der Waals surface area contributed by atoms with E-state index in [0.29, 0.717) is 18.9 Å². The fourth-order valence-corrected chi connectivity index (χ4v) is 1.75. The largest absolute Gasteiger partial charge is 0.506 e. The highest BCUT2D eigenvalue weighted by Crippen LogP contribution is 2.38. The maximum Gasteiger partial charge on any atom is 0.188 e. The molecule has 2 rings (SSSR count). The van der Waals surface area contributed by atoms with Gasteiger partial charge < -0.3 is 14.6 Å². The van der Waals surface area contributed by atoms with Crippen molar-refractivity contribution in [1.29, 1.82) is 0 Å². The zero-order valence-corrected chi connectivity index (χ0v) is 9.69. The number of ether oxygens (including phenoxy) is 2. The molecule has 0 fully saturated rings. The van der Waals surface area contributed by atoms with E-state index in [4.69, 9.17) is 9.47 Å². The first kappa shape index (κ1) is 11.4. The zero-order valence-electron chi connectivity index (χ0n) is 9.69. The van der Waals surface area contributed by atoms with E-state index in [9.17, 15) is 5.11 Å². The summed E-state index contributed by atoms with van der Waals surface area (Å²) in [5.41, 5.74) is 2.29. The van der Waals surface area contributed by atoms with Crippen LogP contribution in [0, 0.1) is 6.92 Å². The molecule has 1 unspecified atom stereocenters. The minimum absolute atomic E-state index is 0.205. The Morgan fingerprint density at radius 3 is 3.19 bits per heavy atom. The van der Waals surface area contributed by atoms with Crippen molar-refractivity contribution in [2.24, 2.45) is 0 Å². The second kappa shape index (κ2) is 4.80. The molecule has 0 spiro atoms. The van der Waals surface area contributed by atoms with E-state index in [0.717, 1.165) is 24.0 Å². The van der Waals surface area contributed by atoms with Crippen molar-refractivity contribution in [2.45, 2.75) is 39.6 Å². The molecule has 0 aliphatic carbocycles. The van der Waals surface area contributed by atoms with Crippen LogP contribution in [-0.2, 0) is 16.1 Å². The molecule has 1 N–H and O–H groups in total. The summed E-state index contributed by atoms with van der Waals surface area (Å²) in [6.45, 7) is 5.00. The molecule has 4 nitrogen and oxygen atoms in total. The van der Waals surface area contributed by atoms with Gasteiger partial charge in [0.2, 0.25) is 0 Å². The number of aromatic nitrogens is 1. The zero-order chi connectivity index (χ0) is 11.5. The van der Waals surface area contributed by atoms with Crippen molar-refractivity contribution in [3.05, 3.63) is 23.0 Å². The first-order valence-corrected chi connectivity index (χ1v) is 5.64. The Hall–Kier alpha value is -1.13. The van der Waals surface area contributed by atoms with E-state index in [1.807, 2.05) is 0 Å². The van der Waals surface area contributed by atoms with Gasteiger partial charge in [-0.2, -0.15) is 0 Å². The molecule has 1 aliphatic rings. The van der Waals surface area contributed by atoms with Crippen LogP contribution >= 0.6 is 0 Å². The van der Waals surface area contributed by atoms with Crippen molar-refractivity contribution < 1.29 is 14.6 Å². The summed E-state index contributed by atoms with van der Waals surface area (Å²) >= 11 is 0. The van der Waals surface area contributed by atoms with Gasteiger partial charge in [0.1, 0.15) is 5.75 Å². The summed E-state index contributed by atoms with van der Waals surface area (Å²) in [4.78, 5) is 4.10. The molecular weight excluding hydrogens is 206 g/mol. The lowest BCUT2D eigenvalue weighted by Gasteiger charge is -2.13. The lowest BCUT2D eigenvalue weighted by Crippen LogP contribution is -2.04. The third-order valence-electron chi connectivity index (χ3n) is 2.75. The number of aryl methyl sites for hydroxylation is 1. The van der Waals surface area contributed by atoms with E-state index in [1.54, 1.807) is 13.1 Å². The van der Waals surface area contributed by atoms with Crippen LogP contribution in [-0.4, -0.2) is 16.7 Å². The summed E-state index contributed by atoms with van der Waals surface area (Å²) < 4.78 is 11.1. The van der Waals surface area contributed by atoms with Crippen LogP contribution < -0.4 is 0 Å². The van der Waals surface area contributed by atoms with E-state index in [-0.39, 0.29) is 5.75 Å². The van der Waals surface area contributed by atoms with Gasteiger partial charge in [-0.05, 0) is 13.3 Å². The maximum atomic E-state index is 9.92. The Balaban J connectivity index is 2.15. The average Bonchev–Trinajstić information content (AvgIpc) is 2.68. The SMILES string of the molecule is CCCCOC1OCc2cnc(C)c(O)c21. The van der Waals surface area contributed by atoms with E-state index >= 15 is 0 Å². The number of hydrogen-bond acceptors (Lipinski definition) is 4. The Morgan fingerprint density at radius 2 is 2.44 bits per heavy atom. The Kier molecular flexibility index (Phi) is 3.41. The molecule has 2 heterocycles. The van der Waals surface area contributed by atoms with Gasteiger partial charge in [-0.15, -0.1) is 0 Å². The van der Waals surface area contributed by atoms with Crippen molar-refractivity contribution in [3.8, 4) is 5.75 Å². The van der Waals surface area contributed by atoms with Gasteiger partial charge in [-0.3, -0.25) is 4.98 Å². The van der Waals surface area contributed by atoms with Gasteiger partial charge in [0, 0.05) is 11.8 Å². The molecular formula is C12H17NO3.